The van der Waals surface area contributed by atoms with Crippen LogP contribution in [0, 0.1) is 5.82 Å². The van der Waals surface area contributed by atoms with E-state index in [0.29, 0.717) is 30.0 Å². The van der Waals surface area contributed by atoms with Crippen molar-refractivity contribution >= 4 is 11.7 Å². The lowest BCUT2D eigenvalue weighted by Gasteiger charge is -2.15. The lowest BCUT2D eigenvalue weighted by Crippen LogP contribution is -2.29. The second-order valence-corrected chi connectivity index (χ2v) is 6.01. The number of nitrogens with one attached hydrogen (secondary N) is 1. The first-order valence-corrected chi connectivity index (χ1v) is 7.71. The molecule has 2 aromatic heterocycles. The van der Waals surface area contributed by atoms with Gasteiger partial charge in [-0.05, 0) is 18.9 Å². The van der Waals surface area contributed by atoms with Gasteiger partial charge in [-0.2, -0.15) is 5.10 Å². The van der Waals surface area contributed by atoms with Gasteiger partial charge in [0.25, 0.3) is 0 Å². The zero-order valence-corrected chi connectivity index (χ0v) is 13.1. The van der Waals surface area contributed by atoms with Crippen molar-refractivity contribution < 1.29 is 9.18 Å². The normalized spacial score (nSPS) is 15.2. The molecular formula is C17H16FN5O. The van der Waals surface area contributed by atoms with Crippen molar-refractivity contribution in [1.29, 1.82) is 0 Å². The molecule has 24 heavy (non-hydrogen) atoms. The van der Waals surface area contributed by atoms with Crippen molar-refractivity contribution in [2.24, 2.45) is 7.05 Å². The predicted octanol–water partition coefficient (Wildman–Crippen LogP) is 2.42. The number of rotatable bonds is 4. The number of nitrogens with zero attached hydrogens (tertiary/aromatic N) is 4. The molecule has 1 aliphatic rings. The van der Waals surface area contributed by atoms with Gasteiger partial charge in [-0.25, -0.2) is 9.07 Å². The number of hydrogen-bond acceptors (Lipinski definition) is 3. The Morgan fingerprint density at radius 2 is 1.96 bits per heavy atom. The number of aryl methyl sites for hydroxylation is 1. The van der Waals surface area contributed by atoms with Crippen molar-refractivity contribution in [3.05, 3.63) is 60.2 Å². The lowest BCUT2D eigenvalue weighted by atomic mass is 9.94. The number of halogens is 1. The molecule has 0 spiro atoms. The molecule has 0 bridgehead atoms. The van der Waals surface area contributed by atoms with Crippen LogP contribution in [0.15, 0.2) is 48.8 Å². The van der Waals surface area contributed by atoms with E-state index >= 15 is 0 Å². The van der Waals surface area contributed by atoms with E-state index in [4.69, 9.17) is 0 Å². The molecule has 122 valence electrons. The Bertz CT molecular complexity index is 909. The van der Waals surface area contributed by atoms with Gasteiger partial charge < -0.3 is 5.32 Å². The second-order valence-electron chi connectivity index (χ2n) is 6.01. The van der Waals surface area contributed by atoms with E-state index in [1.54, 1.807) is 39.8 Å². The van der Waals surface area contributed by atoms with E-state index in [-0.39, 0.29) is 11.7 Å². The van der Waals surface area contributed by atoms with E-state index in [9.17, 15) is 9.18 Å². The lowest BCUT2D eigenvalue weighted by molar-refractivity contribution is -0.118. The van der Waals surface area contributed by atoms with Crippen LogP contribution < -0.4 is 5.32 Å². The zero-order chi connectivity index (χ0) is 16.7. The summed E-state index contributed by atoms with van der Waals surface area (Å²) in [6, 6.07) is 9.96. The maximum absolute atomic E-state index is 14.0. The fraction of sp³-hybridized carbons (Fsp3) is 0.235. The topological polar surface area (TPSA) is 64.7 Å². The average molecular weight is 325 g/mol. The number of carbonyl (C=O) groups excluding carboxylic acids is 1. The Morgan fingerprint density at radius 1 is 1.17 bits per heavy atom. The highest BCUT2D eigenvalue weighted by Gasteiger charge is 2.52. The molecule has 1 aliphatic carbocycles. The molecule has 6 nitrogen and oxygen atoms in total. The maximum Gasteiger partial charge on any atom is 0.236 e. The molecule has 7 heteroatoms. The van der Waals surface area contributed by atoms with Crippen molar-refractivity contribution in [3.8, 4) is 5.82 Å². The molecule has 1 N–H and O–H groups in total. The minimum Gasteiger partial charge on any atom is -0.308 e. The monoisotopic (exact) mass is 325 g/mol. The van der Waals surface area contributed by atoms with Crippen LogP contribution in [-0.4, -0.2) is 25.5 Å². The first kappa shape index (κ1) is 14.6. The molecule has 2 heterocycles. The highest BCUT2D eigenvalue weighted by atomic mass is 19.1. The van der Waals surface area contributed by atoms with Crippen LogP contribution in [0.1, 0.15) is 18.4 Å². The molecule has 0 radical (unpaired) electrons. The predicted molar refractivity (Wildman–Crippen MR) is 86.3 cm³/mol. The number of carbonyl (C=O) groups is 1. The summed E-state index contributed by atoms with van der Waals surface area (Å²) in [5.74, 6) is 0.518. The summed E-state index contributed by atoms with van der Waals surface area (Å²) in [5.41, 5.74) is -0.327. The molecule has 0 unspecified atom stereocenters. The van der Waals surface area contributed by atoms with Gasteiger partial charge in [0.1, 0.15) is 5.82 Å². The number of benzene rings is 1. The number of amides is 1. The average Bonchev–Trinajstić information content (AvgIpc) is 3.05. The minimum atomic E-state index is -0.778. The van der Waals surface area contributed by atoms with Crippen LogP contribution in [0.3, 0.4) is 0 Å². The van der Waals surface area contributed by atoms with Crippen LogP contribution in [-0.2, 0) is 17.3 Å². The summed E-state index contributed by atoms with van der Waals surface area (Å²) in [4.78, 5) is 12.7. The second kappa shape index (κ2) is 5.30. The van der Waals surface area contributed by atoms with E-state index < -0.39 is 5.41 Å². The third kappa shape index (κ3) is 2.38. The van der Waals surface area contributed by atoms with E-state index in [1.165, 1.54) is 6.07 Å². The molecule has 1 fully saturated rings. The summed E-state index contributed by atoms with van der Waals surface area (Å²) >= 11 is 0. The van der Waals surface area contributed by atoms with Crippen LogP contribution in [0.25, 0.3) is 5.82 Å². The highest BCUT2D eigenvalue weighted by Crippen LogP contribution is 2.49. The largest absolute Gasteiger partial charge is 0.308 e. The molecule has 0 atom stereocenters. The van der Waals surface area contributed by atoms with Gasteiger partial charge in [-0.3, -0.25) is 9.48 Å². The Balaban J connectivity index is 1.55. The van der Waals surface area contributed by atoms with E-state index in [0.717, 1.165) is 0 Å². The van der Waals surface area contributed by atoms with Gasteiger partial charge in [0.2, 0.25) is 5.91 Å². The quantitative estimate of drug-likeness (QED) is 0.801. The Labute approximate surface area is 137 Å². The number of anilines is 1. The van der Waals surface area contributed by atoms with Gasteiger partial charge in [0.05, 0.1) is 5.41 Å². The summed E-state index contributed by atoms with van der Waals surface area (Å²) in [6.45, 7) is 0. The number of hydrogen-bond donors (Lipinski definition) is 1. The Morgan fingerprint density at radius 3 is 2.62 bits per heavy atom. The molecule has 1 saturated carbocycles. The molecular weight excluding hydrogens is 309 g/mol. The Kier molecular flexibility index (Phi) is 3.23. The van der Waals surface area contributed by atoms with E-state index in [1.807, 2.05) is 19.3 Å². The molecule has 1 aromatic carbocycles. The van der Waals surface area contributed by atoms with Crippen LogP contribution >= 0.6 is 0 Å². The summed E-state index contributed by atoms with van der Waals surface area (Å²) < 4.78 is 17.3. The smallest absolute Gasteiger partial charge is 0.236 e. The maximum atomic E-state index is 14.0. The zero-order valence-electron chi connectivity index (χ0n) is 13.1. The molecule has 1 amide bonds. The summed E-state index contributed by atoms with van der Waals surface area (Å²) in [6.07, 6.45) is 4.81. The molecule has 3 aromatic rings. The van der Waals surface area contributed by atoms with Gasteiger partial charge >= 0.3 is 0 Å². The van der Waals surface area contributed by atoms with Crippen molar-refractivity contribution in [3.63, 3.8) is 0 Å². The van der Waals surface area contributed by atoms with Gasteiger partial charge in [-0.15, -0.1) is 5.10 Å². The fourth-order valence-electron chi connectivity index (χ4n) is 2.87. The first-order chi connectivity index (χ1) is 11.6. The highest BCUT2D eigenvalue weighted by molar-refractivity contribution is 6.00. The van der Waals surface area contributed by atoms with Gasteiger partial charge in [-0.1, -0.05) is 18.2 Å². The fourth-order valence-corrected chi connectivity index (χ4v) is 2.87. The van der Waals surface area contributed by atoms with Crippen LogP contribution in [0.4, 0.5) is 10.2 Å². The Hall–Kier alpha value is -2.96. The third-order valence-corrected chi connectivity index (χ3v) is 4.34. The number of aromatic nitrogens is 4. The molecule has 4 rings (SSSR count). The van der Waals surface area contributed by atoms with Gasteiger partial charge in [0, 0.05) is 37.1 Å². The first-order valence-electron chi connectivity index (χ1n) is 7.71. The van der Waals surface area contributed by atoms with Crippen LogP contribution in [0.5, 0.6) is 0 Å². The summed E-state index contributed by atoms with van der Waals surface area (Å²) in [7, 11) is 1.82. The van der Waals surface area contributed by atoms with Gasteiger partial charge in [0.15, 0.2) is 11.6 Å². The third-order valence-electron chi connectivity index (χ3n) is 4.34. The standard InChI is InChI=1S/C17H16FN5O/c1-22-10-7-15(21-22)23-11-6-14(20-23)19-16(24)17(8-9-17)12-4-2-3-5-13(12)18/h2-7,10-11H,8-9H2,1H3,(H,19,20,24). The van der Waals surface area contributed by atoms with Crippen molar-refractivity contribution in [1.82, 2.24) is 19.6 Å². The SMILES string of the molecule is Cn1ccc(-n2ccc(NC(=O)C3(c4ccccc4F)CC3)n2)n1. The van der Waals surface area contributed by atoms with Crippen molar-refractivity contribution in [2.75, 3.05) is 5.32 Å². The summed E-state index contributed by atoms with van der Waals surface area (Å²) in [5, 5.41) is 11.4. The molecule has 0 saturated heterocycles. The minimum absolute atomic E-state index is 0.223. The van der Waals surface area contributed by atoms with E-state index in [2.05, 4.69) is 15.5 Å². The van der Waals surface area contributed by atoms with Crippen molar-refractivity contribution in [2.45, 2.75) is 18.3 Å². The van der Waals surface area contributed by atoms with Crippen LogP contribution in [0.2, 0.25) is 0 Å². The molecule has 0 aliphatic heterocycles.